The minimum atomic E-state index is -0.775. The first-order valence-electron chi connectivity index (χ1n) is 10.1. The van der Waals surface area contributed by atoms with Crippen molar-refractivity contribution in [3.63, 3.8) is 0 Å². The molecule has 3 rings (SSSR count). The Morgan fingerprint density at radius 1 is 1.09 bits per heavy atom. The lowest BCUT2D eigenvalue weighted by Crippen LogP contribution is -2.29. The average Bonchev–Trinajstić information content (AvgIpc) is 2.77. The van der Waals surface area contributed by atoms with Gasteiger partial charge in [-0.1, -0.05) is 12.1 Å². The lowest BCUT2D eigenvalue weighted by molar-refractivity contribution is -0.136. The van der Waals surface area contributed by atoms with E-state index in [4.69, 9.17) is 18.6 Å². The van der Waals surface area contributed by atoms with Gasteiger partial charge in [0.15, 0.2) is 6.61 Å². The molecule has 0 atom stereocenters. The number of ether oxygens (including phenoxy) is 3. The highest BCUT2D eigenvalue weighted by molar-refractivity contribution is 5.96. The summed E-state index contributed by atoms with van der Waals surface area (Å²) in [6.45, 7) is 4.48. The van der Waals surface area contributed by atoms with Crippen LogP contribution in [0.1, 0.15) is 27.9 Å². The van der Waals surface area contributed by atoms with Crippen LogP contribution in [0.3, 0.4) is 0 Å². The monoisotopic (exact) mass is 439 g/mol. The summed E-state index contributed by atoms with van der Waals surface area (Å²) in [7, 11) is 1.57. The highest BCUT2D eigenvalue weighted by atomic mass is 16.6. The van der Waals surface area contributed by atoms with Gasteiger partial charge in [-0.3, -0.25) is 4.79 Å². The number of benzene rings is 2. The predicted octanol–water partition coefficient (Wildman–Crippen LogP) is 3.16. The second-order valence-corrected chi connectivity index (χ2v) is 7.21. The molecule has 1 aromatic heterocycles. The first-order chi connectivity index (χ1) is 15.4. The summed E-state index contributed by atoms with van der Waals surface area (Å²) in [5.41, 5.74) is 1.34. The predicted molar refractivity (Wildman–Crippen MR) is 118 cm³/mol. The molecule has 0 aliphatic heterocycles. The van der Waals surface area contributed by atoms with Crippen LogP contribution >= 0.6 is 0 Å². The fraction of sp³-hybridized carbons (Fsp3) is 0.292. The number of hydrogen-bond acceptors (Lipinski definition) is 7. The van der Waals surface area contributed by atoms with Gasteiger partial charge in [-0.25, -0.2) is 9.59 Å². The van der Waals surface area contributed by atoms with Crippen LogP contribution in [-0.4, -0.2) is 38.7 Å². The van der Waals surface area contributed by atoms with Crippen LogP contribution in [0.5, 0.6) is 11.5 Å². The molecule has 168 valence electrons. The van der Waals surface area contributed by atoms with Crippen LogP contribution in [0.15, 0.2) is 51.7 Å². The summed E-state index contributed by atoms with van der Waals surface area (Å²) in [4.78, 5) is 36.6. The van der Waals surface area contributed by atoms with Crippen molar-refractivity contribution in [1.82, 2.24) is 5.32 Å². The molecular formula is C24H25NO7. The van der Waals surface area contributed by atoms with Gasteiger partial charge in [0.2, 0.25) is 0 Å². The van der Waals surface area contributed by atoms with E-state index in [1.165, 1.54) is 12.1 Å². The van der Waals surface area contributed by atoms with Gasteiger partial charge in [0.1, 0.15) is 22.6 Å². The lowest BCUT2D eigenvalue weighted by Gasteiger charge is -2.11. The molecule has 0 saturated carbocycles. The number of rotatable bonds is 9. The van der Waals surface area contributed by atoms with Gasteiger partial charge in [0.25, 0.3) is 5.91 Å². The molecule has 0 aliphatic carbocycles. The van der Waals surface area contributed by atoms with E-state index in [1.54, 1.807) is 25.3 Å². The van der Waals surface area contributed by atoms with Crippen molar-refractivity contribution in [1.29, 1.82) is 0 Å². The molecule has 0 radical (unpaired) electrons. The highest BCUT2D eigenvalue weighted by Crippen LogP contribution is 2.22. The van der Waals surface area contributed by atoms with Crippen molar-refractivity contribution >= 4 is 22.8 Å². The maximum Gasteiger partial charge on any atom is 0.349 e. The fourth-order valence-electron chi connectivity index (χ4n) is 3.01. The molecule has 0 fully saturated rings. The molecular weight excluding hydrogens is 414 g/mol. The van der Waals surface area contributed by atoms with Crippen LogP contribution in [0.4, 0.5) is 0 Å². The van der Waals surface area contributed by atoms with E-state index in [0.717, 1.165) is 11.1 Å². The Kier molecular flexibility index (Phi) is 7.62. The third kappa shape index (κ3) is 5.73. The van der Waals surface area contributed by atoms with Crippen LogP contribution in [0, 0.1) is 13.8 Å². The number of carbonyl (C=O) groups is 2. The van der Waals surface area contributed by atoms with E-state index in [0.29, 0.717) is 30.7 Å². The fourth-order valence-corrected chi connectivity index (χ4v) is 3.01. The normalized spacial score (nSPS) is 10.7. The van der Waals surface area contributed by atoms with Crippen LogP contribution in [0.25, 0.3) is 11.0 Å². The minimum absolute atomic E-state index is 0.0958. The Hall–Kier alpha value is -3.65. The number of nitrogens with one attached hydrogen (secondary N) is 1. The van der Waals surface area contributed by atoms with Crippen molar-refractivity contribution in [3.05, 3.63) is 69.6 Å². The molecule has 2 aromatic carbocycles. The quantitative estimate of drug-likeness (QED) is 0.236. The first-order valence-corrected chi connectivity index (χ1v) is 10.1. The number of esters is 1. The average molecular weight is 439 g/mol. The molecule has 0 saturated heterocycles. The van der Waals surface area contributed by atoms with Crippen LogP contribution in [-0.2, 0) is 9.53 Å². The van der Waals surface area contributed by atoms with E-state index in [-0.39, 0.29) is 23.5 Å². The number of aryl methyl sites for hydroxylation is 1. The maximum atomic E-state index is 12.2. The second-order valence-electron chi connectivity index (χ2n) is 7.21. The zero-order valence-corrected chi connectivity index (χ0v) is 18.2. The number of amides is 1. The molecule has 1 heterocycles. The summed E-state index contributed by atoms with van der Waals surface area (Å²) in [6.07, 6.45) is 0.628. The van der Waals surface area contributed by atoms with E-state index >= 15 is 0 Å². The molecule has 0 bridgehead atoms. The van der Waals surface area contributed by atoms with E-state index in [2.05, 4.69) is 5.32 Å². The van der Waals surface area contributed by atoms with Crippen molar-refractivity contribution < 1.29 is 28.2 Å². The lowest BCUT2D eigenvalue weighted by atomic mass is 10.1. The van der Waals surface area contributed by atoms with Gasteiger partial charge in [-0.15, -0.1) is 0 Å². The third-order valence-corrected chi connectivity index (χ3v) is 4.89. The van der Waals surface area contributed by atoms with Gasteiger partial charge in [0.05, 0.1) is 0 Å². The molecule has 0 unspecified atom stereocenters. The zero-order chi connectivity index (χ0) is 23.1. The Balaban J connectivity index is 1.66. The molecule has 3 aromatic rings. The third-order valence-electron chi connectivity index (χ3n) is 4.89. The van der Waals surface area contributed by atoms with E-state index in [1.807, 2.05) is 26.0 Å². The number of fused-ring (bicyclic) bond motifs is 1. The molecule has 0 spiro atoms. The largest absolute Gasteiger partial charge is 0.482 e. The SMILES string of the molecule is COCCCNC(=O)c1cc2ccc(OC(=O)COc3cccc(C)c3C)cc2oc1=O. The molecule has 0 aliphatic rings. The topological polar surface area (TPSA) is 104 Å². The van der Waals surface area contributed by atoms with Crippen molar-refractivity contribution in [2.45, 2.75) is 20.3 Å². The van der Waals surface area contributed by atoms with Gasteiger partial charge in [0, 0.05) is 31.7 Å². The Morgan fingerprint density at radius 3 is 2.69 bits per heavy atom. The van der Waals surface area contributed by atoms with Gasteiger partial charge in [-0.05, 0) is 55.7 Å². The summed E-state index contributed by atoms with van der Waals surface area (Å²) < 4.78 is 21.0. The summed E-state index contributed by atoms with van der Waals surface area (Å²) in [6, 6.07) is 11.6. The smallest absolute Gasteiger partial charge is 0.349 e. The Bertz CT molecular complexity index is 1180. The molecule has 32 heavy (non-hydrogen) atoms. The molecule has 8 nitrogen and oxygen atoms in total. The number of methoxy groups -OCH3 is 1. The number of carbonyl (C=O) groups excluding carboxylic acids is 2. The highest BCUT2D eigenvalue weighted by Gasteiger charge is 2.15. The minimum Gasteiger partial charge on any atom is -0.482 e. The molecule has 8 heteroatoms. The Morgan fingerprint density at radius 2 is 1.91 bits per heavy atom. The van der Waals surface area contributed by atoms with Crippen LogP contribution in [0.2, 0.25) is 0 Å². The summed E-state index contributed by atoms with van der Waals surface area (Å²) in [5, 5.41) is 3.18. The van der Waals surface area contributed by atoms with Gasteiger partial charge >= 0.3 is 11.6 Å². The molecule has 1 amide bonds. The zero-order valence-electron chi connectivity index (χ0n) is 18.2. The maximum absolute atomic E-state index is 12.2. The van der Waals surface area contributed by atoms with E-state index < -0.39 is 17.5 Å². The Labute approximate surface area is 185 Å². The van der Waals surface area contributed by atoms with Crippen molar-refractivity contribution in [2.24, 2.45) is 0 Å². The summed E-state index contributed by atoms with van der Waals surface area (Å²) >= 11 is 0. The number of hydrogen-bond donors (Lipinski definition) is 1. The second kappa shape index (κ2) is 10.6. The first kappa shape index (κ1) is 23.0. The van der Waals surface area contributed by atoms with Crippen molar-refractivity contribution in [2.75, 3.05) is 26.9 Å². The van der Waals surface area contributed by atoms with Gasteiger partial charge < -0.3 is 23.9 Å². The standard InChI is InChI=1S/C24H25NO7/c1-15-6-4-7-20(16(15)2)30-14-22(26)31-18-9-8-17-12-19(24(28)32-21(17)13-18)23(27)25-10-5-11-29-3/h4,6-9,12-13H,5,10-11,14H2,1-3H3,(H,25,27). The van der Waals surface area contributed by atoms with Crippen LogP contribution < -0.4 is 20.4 Å². The van der Waals surface area contributed by atoms with Gasteiger partial charge in [-0.2, -0.15) is 0 Å². The van der Waals surface area contributed by atoms with E-state index in [9.17, 15) is 14.4 Å². The van der Waals surface area contributed by atoms with Crippen molar-refractivity contribution in [3.8, 4) is 11.5 Å². The summed E-state index contributed by atoms with van der Waals surface area (Å²) in [5.74, 6) is -0.304. The molecule has 1 N–H and O–H groups in total.